The van der Waals surface area contributed by atoms with E-state index in [-0.39, 0.29) is 24.2 Å². The second-order valence-corrected chi connectivity index (χ2v) is 10.9. The highest BCUT2D eigenvalue weighted by molar-refractivity contribution is 6.01. The lowest BCUT2D eigenvalue weighted by Crippen LogP contribution is -2.57. The van der Waals surface area contributed by atoms with Crippen LogP contribution in [0.4, 0.5) is 0 Å². The van der Waals surface area contributed by atoms with Crippen molar-refractivity contribution in [3.8, 4) is 6.07 Å². The first-order chi connectivity index (χ1) is 21.4. The molecule has 0 saturated heterocycles. The Balaban J connectivity index is 1.79. The number of benzene rings is 2. The molecular weight excluding hydrogens is 576 g/mol. The van der Waals surface area contributed by atoms with Crippen molar-refractivity contribution in [2.45, 2.75) is 58.3 Å². The van der Waals surface area contributed by atoms with E-state index < -0.39 is 41.8 Å². The fourth-order valence-corrected chi connectivity index (χ4v) is 4.34. The van der Waals surface area contributed by atoms with E-state index in [2.05, 4.69) is 21.1 Å². The number of nitriles is 1. The molecule has 3 aromatic rings. The molecule has 4 amide bonds. The Morgan fingerprint density at radius 2 is 1.73 bits per heavy atom. The summed E-state index contributed by atoms with van der Waals surface area (Å²) in [4.78, 5) is 53.0. The summed E-state index contributed by atoms with van der Waals surface area (Å²) >= 11 is 0. The summed E-state index contributed by atoms with van der Waals surface area (Å²) in [5, 5.41) is 31.4. The number of carbonyl (C=O) groups is 4. The number of hydrogen-bond acceptors (Lipinski definition) is 8. The molecule has 0 spiro atoms. The first-order valence-corrected chi connectivity index (χ1v) is 14.4. The average molecular weight is 615 g/mol. The van der Waals surface area contributed by atoms with Crippen LogP contribution in [0.1, 0.15) is 51.8 Å². The lowest BCUT2D eigenvalue weighted by molar-refractivity contribution is -0.131. The summed E-state index contributed by atoms with van der Waals surface area (Å²) in [6.45, 7) is 5.15. The lowest BCUT2D eigenvalue weighted by atomic mass is 10.0. The van der Waals surface area contributed by atoms with Gasteiger partial charge >= 0.3 is 0 Å². The van der Waals surface area contributed by atoms with Crippen molar-refractivity contribution in [2.75, 3.05) is 14.1 Å². The van der Waals surface area contributed by atoms with E-state index in [9.17, 15) is 29.5 Å². The molecule has 12 heteroatoms. The third kappa shape index (κ3) is 10.1. The van der Waals surface area contributed by atoms with Crippen LogP contribution in [0.3, 0.4) is 0 Å². The first-order valence-electron chi connectivity index (χ1n) is 14.4. The number of nitrogens with zero attached hydrogens (tertiary/aromatic N) is 3. The normalized spacial score (nSPS) is 13.1. The molecular formula is C33H38N6O6. The molecule has 0 radical (unpaired) electrons. The minimum Gasteiger partial charge on any atom is -0.391 e. The molecule has 0 saturated carbocycles. The van der Waals surface area contributed by atoms with Crippen LogP contribution in [0.25, 0.3) is 6.08 Å². The number of hydrogen-bond donors (Lipinski definition) is 4. The van der Waals surface area contributed by atoms with E-state index in [0.29, 0.717) is 17.7 Å². The van der Waals surface area contributed by atoms with Crippen LogP contribution in [0, 0.1) is 25.2 Å². The molecule has 0 fully saturated rings. The van der Waals surface area contributed by atoms with E-state index in [0.717, 1.165) is 16.7 Å². The van der Waals surface area contributed by atoms with E-state index in [1.54, 1.807) is 39.2 Å². The van der Waals surface area contributed by atoms with Gasteiger partial charge in [0.15, 0.2) is 5.69 Å². The maximum Gasteiger partial charge on any atom is 0.274 e. The molecule has 1 aromatic heterocycles. The van der Waals surface area contributed by atoms with Crippen LogP contribution in [-0.2, 0) is 27.3 Å². The highest BCUT2D eigenvalue weighted by Crippen LogP contribution is 2.14. The van der Waals surface area contributed by atoms with Gasteiger partial charge in [-0.2, -0.15) is 5.26 Å². The van der Waals surface area contributed by atoms with Gasteiger partial charge in [0, 0.05) is 26.7 Å². The van der Waals surface area contributed by atoms with Crippen LogP contribution in [0.5, 0.6) is 0 Å². The van der Waals surface area contributed by atoms with Gasteiger partial charge in [-0.05, 0) is 56.4 Å². The molecule has 3 rings (SSSR count). The van der Waals surface area contributed by atoms with Crippen LogP contribution >= 0.6 is 0 Å². The number of rotatable bonds is 13. The Morgan fingerprint density at radius 1 is 1.02 bits per heavy atom. The zero-order valence-electron chi connectivity index (χ0n) is 26.0. The van der Waals surface area contributed by atoms with E-state index in [1.807, 2.05) is 43.3 Å². The van der Waals surface area contributed by atoms with E-state index in [4.69, 9.17) is 4.52 Å². The second kappa shape index (κ2) is 16.0. The largest absolute Gasteiger partial charge is 0.391 e. The Kier molecular flexibility index (Phi) is 12.1. The monoisotopic (exact) mass is 614 g/mol. The van der Waals surface area contributed by atoms with Crippen LogP contribution in [-0.4, -0.2) is 71.1 Å². The minimum atomic E-state index is -1.38. The fourth-order valence-electron chi connectivity index (χ4n) is 4.34. The number of amides is 4. The Labute approximate surface area is 262 Å². The van der Waals surface area contributed by atoms with Crippen molar-refractivity contribution in [1.82, 2.24) is 26.0 Å². The first kappa shape index (κ1) is 34.2. The van der Waals surface area contributed by atoms with Crippen molar-refractivity contribution in [3.63, 3.8) is 0 Å². The molecule has 0 aliphatic rings. The van der Waals surface area contributed by atoms with E-state index >= 15 is 0 Å². The van der Waals surface area contributed by atoms with E-state index in [1.165, 1.54) is 24.0 Å². The Bertz CT molecular complexity index is 1590. The molecule has 0 aliphatic carbocycles. The summed E-state index contributed by atoms with van der Waals surface area (Å²) in [5.41, 5.74) is 3.29. The fraction of sp³-hybridized carbons (Fsp3) is 0.333. The summed E-state index contributed by atoms with van der Waals surface area (Å²) in [6.07, 6.45) is 0.716. The quantitative estimate of drug-likeness (QED) is 0.167. The number of nitrogens with one attached hydrogen (secondary N) is 3. The third-order valence-corrected chi connectivity index (χ3v) is 6.87. The van der Waals surface area contributed by atoms with Gasteiger partial charge < -0.3 is 30.5 Å². The zero-order chi connectivity index (χ0) is 33.1. The smallest absolute Gasteiger partial charge is 0.274 e. The molecule has 236 valence electrons. The van der Waals surface area contributed by atoms with Crippen molar-refractivity contribution in [3.05, 3.63) is 93.9 Å². The average Bonchev–Trinajstić information content (AvgIpc) is 3.45. The van der Waals surface area contributed by atoms with Crippen molar-refractivity contribution >= 4 is 29.7 Å². The maximum absolute atomic E-state index is 13.4. The van der Waals surface area contributed by atoms with Gasteiger partial charge in [0.1, 0.15) is 29.5 Å². The summed E-state index contributed by atoms with van der Waals surface area (Å²) in [6, 6.07) is 15.7. The molecule has 0 aliphatic heterocycles. The van der Waals surface area contributed by atoms with Crippen molar-refractivity contribution in [1.29, 1.82) is 5.26 Å². The summed E-state index contributed by atoms with van der Waals surface area (Å²) < 4.78 is 4.92. The minimum absolute atomic E-state index is 0.0234. The number of aliphatic hydroxyl groups is 1. The standard InChI is InChI=1S/C33H38N6O6/c1-20-9-11-24(12-10-20)19-35-30(41)27(36-32(43)29(22(3)40)37-31(42)28-15-21(2)45-38-28)14-13-23-7-6-8-25(16-23)17-26(18-34)33(44)39(4)5/h6-12,15-17,22,27,29,40H,13-14,19H2,1-5H3,(H,35,41)(H,36,43)(H,37,42)/t22-,27?,29+/m1/s1. The molecule has 1 unspecified atom stereocenters. The second-order valence-electron chi connectivity index (χ2n) is 10.9. The lowest BCUT2D eigenvalue weighted by Gasteiger charge is -2.24. The number of aryl methyl sites for hydroxylation is 3. The molecule has 4 N–H and O–H groups in total. The summed E-state index contributed by atoms with van der Waals surface area (Å²) in [5.74, 6) is -1.95. The predicted molar refractivity (Wildman–Crippen MR) is 166 cm³/mol. The predicted octanol–water partition coefficient (Wildman–Crippen LogP) is 2.20. The van der Waals surface area contributed by atoms with Gasteiger partial charge in [-0.25, -0.2) is 0 Å². The Hall–Kier alpha value is -5.28. The summed E-state index contributed by atoms with van der Waals surface area (Å²) in [7, 11) is 3.12. The number of carbonyl (C=O) groups excluding carboxylic acids is 4. The van der Waals surface area contributed by atoms with Gasteiger partial charge in [0.05, 0.1) is 6.10 Å². The molecule has 12 nitrogen and oxygen atoms in total. The van der Waals surface area contributed by atoms with Crippen LogP contribution in [0.2, 0.25) is 0 Å². The SMILES string of the molecule is Cc1ccc(CNC(=O)C(CCc2cccc(C=C(C#N)C(=O)N(C)C)c2)NC(=O)[C@@H](NC(=O)c2cc(C)on2)[C@@H](C)O)cc1. The highest BCUT2D eigenvalue weighted by atomic mass is 16.5. The van der Waals surface area contributed by atoms with Gasteiger partial charge in [-0.1, -0.05) is 59.3 Å². The van der Waals surface area contributed by atoms with Gasteiger partial charge in [0.25, 0.3) is 11.8 Å². The number of aliphatic hydroxyl groups excluding tert-OH is 1. The van der Waals surface area contributed by atoms with Crippen molar-refractivity contribution in [2.24, 2.45) is 0 Å². The zero-order valence-corrected chi connectivity index (χ0v) is 26.0. The van der Waals surface area contributed by atoms with Crippen LogP contribution in [0.15, 0.2) is 64.7 Å². The number of likely N-dealkylation sites (N-methyl/N-ethyl adjacent to an activating group) is 1. The molecule has 3 atom stereocenters. The van der Waals surface area contributed by atoms with Gasteiger partial charge in [0.2, 0.25) is 11.8 Å². The molecule has 45 heavy (non-hydrogen) atoms. The Morgan fingerprint density at radius 3 is 2.33 bits per heavy atom. The van der Waals surface area contributed by atoms with Gasteiger partial charge in [-0.15, -0.1) is 0 Å². The highest BCUT2D eigenvalue weighted by Gasteiger charge is 2.30. The molecule has 2 aromatic carbocycles. The van der Waals surface area contributed by atoms with Gasteiger partial charge in [-0.3, -0.25) is 19.2 Å². The molecule has 0 bridgehead atoms. The topological polar surface area (TPSA) is 178 Å². The maximum atomic E-state index is 13.4. The number of aromatic nitrogens is 1. The van der Waals surface area contributed by atoms with Crippen LogP contribution < -0.4 is 16.0 Å². The van der Waals surface area contributed by atoms with Crippen molar-refractivity contribution < 1.29 is 28.8 Å². The molecule has 1 heterocycles. The third-order valence-electron chi connectivity index (χ3n) is 6.87.